The molecule has 1 fully saturated rings. The molecule has 3 heterocycles. The van der Waals surface area contributed by atoms with Gasteiger partial charge in [0.1, 0.15) is 0 Å². The van der Waals surface area contributed by atoms with E-state index in [4.69, 9.17) is 0 Å². The number of hydrogen-bond donors (Lipinski definition) is 2. The molecule has 1 aliphatic rings. The Kier molecular flexibility index (Phi) is 5.83. The minimum Gasteiger partial charge on any atom is -0.351 e. The second kappa shape index (κ2) is 8.69. The first-order valence-corrected chi connectivity index (χ1v) is 10.5. The SMILES string of the molecule is Cc1nc2nc(NCc3ccccc3)[nH]n2c(=O)c1CCC(=O)N1CCC(C)CC1. The first kappa shape index (κ1) is 20.1. The van der Waals surface area contributed by atoms with E-state index in [0.717, 1.165) is 31.5 Å². The number of benzene rings is 1. The van der Waals surface area contributed by atoms with Crippen LogP contribution in [0.1, 0.15) is 43.0 Å². The number of aromatic nitrogens is 4. The maximum absolute atomic E-state index is 13.0. The van der Waals surface area contributed by atoms with Crippen LogP contribution in [0.15, 0.2) is 35.1 Å². The van der Waals surface area contributed by atoms with Crippen molar-refractivity contribution < 1.29 is 4.79 Å². The van der Waals surface area contributed by atoms with E-state index in [1.807, 2.05) is 35.2 Å². The Morgan fingerprint density at radius 1 is 1.20 bits per heavy atom. The Bertz CT molecular complexity index is 1080. The average molecular weight is 409 g/mol. The number of anilines is 1. The summed E-state index contributed by atoms with van der Waals surface area (Å²) in [6.45, 7) is 6.23. The molecule has 158 valence electrons. The first-order valence-electron chi connectivity index (χ1n) is 10.5. The fourth-order valence-electron chi connectivity index (χ4n) is 3.85. The van der Waals surface area contributed by atoms with Gasteiger partial charge < -0.3 is 10.2 Å². The van der Waals surface area contributed by atoms with Crippen LogP contribution in [0.5, 0.6) is 0 Å². The third-order valence-corrected chi connectivity index (χ3v) is 5.82. The number of H-pyrrole nitrogens is 1. The molecule has 1 amide bonds. The van der Waals surface area contributed by atoms with Gasteiger partial charge in [-0.1, -0.05) is 37.3 Å². The number of carbonyl (C=O) groups is 1. The van der Waals surface area contributed by atoms with E-state index in [9.17, 15) is 9.59 Å². The van der Waals surface area contributed by atoms with Crippen LogP contribution < -0.4 is 10.9 Å². The van der Waals surface area contributed by atoms with Gasteiger partial charge in [0.25, 0.3) is 11.3 Å². The van der Waals surface area contributed by atoms with Gasteiger partial charge in [-0.15, -0.1) is 0 Å². The smallest absolute Gasteiger partial charge is 0.277 e. The minimum absolute atomic E-state index is 0.112. The molecule has 0 bridgehead atoms. The van der Waals surface area contributed by atoms with Crippen LogP contribution in [0, 0.1) is 12.8 Å². The van der Waals surface area contributed by atoms with Gasteiger partial charge in [-0.05, 0) is 37.7 Å². The molecule has 0 aliphatic carbocycles. The molecule has 4 rings (SSSR count). The number of amides is 1. The maximum atomic E-state index is 13.0. The van der Waals surface area contributed by atoms with E-state index >= 15 is 0 Å². The zero-order chi connectivity index (χ0) is 21.1. The molecule has 0 radical (unpaired) electrons. The number of piperidine rings is 1. The highest BCUT2D eigenvalue weighted by atomic mass is 16.2. The monoisotopic (exact) mass is 408 g/mol. The molecule has 8 heteroatoms. The van der Waals surface area contributed by atoms with E-state index in [-0.39, 0.29) is 11.5 Å². The lowest BCUT2D eigenvalue weighted by molar-refractivity contribution is -0.132. The third kappa shape index (κ3) is 4.37. The van der Waals surface area contributed by atoms with Gasteiger partial charge in [-0.2, -0.15) is 9.50 Å². The van der Waals surface area contributed by atoms with Crippen LogP contribution in [0.25, 0.3) is 5.78 Å². The summed E-state index contributed by atoms with van der Waals surface area (Å²) in [5.41, 5.74) is 2.10. The van der Waals surface area contributed by atoms with E-state index < -0.39 is 0 Å². The second-order valence-corrected chi connectivity index (χ2v) is 8.09. The highest BCUT2D eigenvalue weighted by Gasteiger charge is 2.21. The van der Waals surface area contributed by atoms with Crippen LogP contribution in [0.2, 0.25) is 0 Å². The first-order chi connectivity index (χ1) is 14.5. The Balaban J connectivity index is 1.46. The quantitative estimate of drug-likeness (QED) is 0.654. The zero-order valence-electron chi connectivity index (χ0n) is 17.5. The summed E-state index contributed by atoms with van der Waals surface area (Å²) in [5, 5.41) is 6.17. The van der Waals surface area contributed by atoms with E-state index in [2.05, 4.69) is 27.3 Å². The third-order valence-electron chi connectivity index (χ3n) is 5.82. The van der Waals surface area contributed by atoms with Crippen LogP contribution in [-0.2, 0) is 17.8 Å². The van der Waals surface area contributed by atoms with E-state index in [0.29, 0.717) is 48.3 Å². The lowest BCUT2D eigenvalue weighted by atomic mass is 9.98. The van der Waals surface area contributed by atoms with E-state index in [1.165, 1.54) is 4.52 Å². The Labute approximate surface area is 175 Å². The van der Waals surface area contributed by atoms with Crippen molar-refractivity contribution in [3.63, 3.8) is 0 Å². The maximum Gasteiger partial charge on any atom is 0.277 e. The normalized spacial score (nSPS) is 14.9. The highest BCUT2D eigenvalue weighted by Crippen LogP contribution is 2.17. The fourth-order valence-corrected chi connectivity index (χ4v) is 3.85. The second-order valence-electron chi connectivity index (χ2n) is 8.09. The van der Waals surface area contributed by atoms with Gasteiger partial charge in [0.2, 0.25) is 11.9 Å². The number of aromatic amines is 1. The summed E-state index contributed by atoms with van der Waals surface area (Å²) in [6, 6.07) is 9.95. The molecule has 8 nitrogen and oxygen atoms in total. The number of nitrogens with one attached hydrogen (secondary N) is 2. The molecule has 0 unspecified atom stereocenters. The number of rotatable bonds is 6. The predicted octanol–water partition coefficient (Wildman–Crippen LogP) is 2.53. The van der Waals surface area contributed by atoms with Crippen LogP contribution in [-0.4, -0.2) is 43.5 Å². The summed E-state index contributed by atoms with van der Waals surface area (Å²) < 4.78 is 1.35. The van der Waals surface area contributed by atoms with Crippen molar-refractivity contribution in [3.05, 3.63) is 57.5 Å². The summed E-state index contributed by atoms with van der Waals surface area (Å²) >= 11 is 0. The van der Waals surface area contributed by atoms with Crippen molar-refractivity contribution in [1.29, 1.82) is 0 Å². The molecule has 1 saturated heterocycles. The van der Waals surface area contributed by atoms with Crippen molar-refractivity contribution in [1.82, 2.24) is 24.5 Å². The molecule has 1 aromatic carbocycles. The predicted molar refractivity (Wildman–Crippen MR) is 115 cm³/mol. The summed E-state index contributed by atoms with van der Waals surface area (Å²) in [5.74, 6) is 1.60. The van der Waals surface area contributed by atoms with Gasteiger partial charge in [0.15, 0.2) is 0 Å². The van der Waals surface area contributed by atoms with Gasteiger partial charge in [0.05, 0.1) is 5.69 Å². The standard InChI is InChI=1S/C22H28N6O2/c1-15-10-12-27(13-11-15)19(29)9-8-18-16(2)24-22-25-21(26-28(22)20(18)30)23-14-17-6-4-3-5-7-17/h3-7,15H,8-14H2,1-2H3,(H2,23,24,25,26). The van der Waals surface area contributed by atoms with Gasteiger partial charge >= 0.3 is 0 Å². The van der Waals surface area contributed by atoms with Gasteiger partial charge in [0, 0.05) is 31.6 Å². The van der Waals surface area contributed by atoms with Crippen molar-refractivity contribution in [3.8, 4) is 0 Å². The number of aryl methyl sites for hydroxylation is 1. The largest absolute Gasteiger partial charge is 0.351 e. The zero-order valence-corrected chi connectivity index (χ0v) is 17.5. The Hall–Kier alpha value is -3.16. The van der Waals surface area contributed by atoms with Crippen molar-refractivity contribution in [2.75, 3.05) is 18.4 Å². The Morgan fingerprint density at radius 2 is 1.93 bits per heavy atom. The number of carbonyl (C=O) groups excluding carboxylic acids is 1. The molecule has 0 spiro atoms. The van der Waals surface area contributed by atoms with Crippen LogP contribution in [0.3, 0.4) is 0 Å². The van der Waals surface area contributed by atoms with Crippen molar-refractivity contribution in [2.24, 2.45) is 5.92 Å². The van der Waals surface area contributed by atoms with Gasteiger partial charge in [-0.3, -0.25) is 14.7 Å². The minimum atomic E-state index is -0.196. The Morgan fingerprint density at radius 3 is 2.67 bits per heavy atom. The molecule has 2 N–H and O–H groups in total. The summed E-state index contributed by atoms with van der Waals surface area (Å²) in [4.78, 5) is 36.3. The van der Waals surface area contributed by atoms with Crippen LogP contribution >= 0.6 is 0 Å². The van der Waals surface area contributed by atoms with E-state index in [1.54, 1.807) is 6.92 Å². The summed E-state index contributed by atoms with van der Waals surface area (Å²) in [6.07, 6.45) is 2.81. The lowest BCUT2D eigenvalue weighted by Crippen LogP contribution is -2.38. The molecular weight excluding hydrogens is 380 g/mol. The molecule has 1 aliphatic heterocycles. The fraction of sp³-hybridized carbons (Fsp3) is 0.455. The number of nitrogens with zero attached hydrogens (tertiary/aromatic N) is 4. The highest BCUT2D eigenvalue weighted by molar-refractivity contribution is 5.76. The lowest BCUT2D eigenvalue weighted by Gasteiger charge is -2.30. The average Bonchev–Trinajstić information content (AvgIpc) is 3.16. The number of likely N-dealkylation sites (tertiary alicyclic amines) is 1. The molecule has 3 aromatic rings. The van der Waals surface area contributed by atoms with Crippen molar-refractivity contribution in [2.45, 2.75) is 46.1 Å². The molecule has 2 aromatic heterocycles. The van der Waals surface area contributed by atoms with Crippen LogP contribution in [0.4, 0.5) is 5.95 Å². The molecular formula is C22H28N6O2. The van der Waals surface area contributed by atoms with Crippen molar-refractivity contribution >= 4 is 17.6 Å². The van der Waals surface area contributed by atoms with Gasteiger partial charge in [-0.25, -0.2) is 4.98 Å². The number of hydrogen-bond acceptors (Lipinski definition) is 5. The molecule has 30 heavy (non-hydrogen) atoms. The topological polar surface area (TPSA) is 95.4 Å². The number of fused-ring (bicyclic) bond motifs is 1. The molecule has 0 atom stereocenters. The molecule has 0 saturated carbocycles. The summed E-state index contributed by atoms with van der Waals surface area (Å²) in [7, 11) is 0.